The molecule has 0 amide bonds. The van der Waals surface area contributed by atoms with Crippen LogP contribution < -0.4 is 9.64 Å². The van der Waals surface area contributed by atoms with Crippen LogP contribution in [0.15, 0.2) is 24.3 Å². The summed E-state index contributed by atoms with van der Waals surface area (Å²) in [6.07, 6.45) is -8.81. The Balaban J connectivity index is 1.62. The maximum atomic E-state index is 13.0. The van der Waals surface area contributed by atoms with Gasteiger partial charge in [0.15, 0.2) is 5.69 Å². The number of hydrogen-bond acceptors (Lipinski definition) is 5. The lowest BCUT2D eigenvalue weighted by molar-refractivity contribution is -0.274. The van der Waals surface area contributed by atoms with E-state index in [1.54, 1.807) is 0 Å². The van der Waals surface area contributed by atoms with E-state index in [1.165, 1.54) is 31.2 Å². The zero-order chi connectivity index (χ0) is 23.7. The average molecular weight is 485 g/mol. The summed E-state index contributed by atoms with van der Waals surface area (Å²) in [5.41, 5.74) is -0.388. The van der Waals surface area contributed by atoms with Crippen LogP contribution >= 0.6 is 11.6 Å². The molecule has 0 aliphatic carbocycles. The highest BCUT2D eigenvalue weighted by Gasteiger charge is 2.38. The van der Waals surface area contributed by atoms with E-state index in [4.69, 9.17) is 11.6 Å². The first-order chi connectivity index (χ1) is 14.9. The van der Waals surface area contributed by atoms with Crippen LogP contribution in [0.1, 0.15) is 11.4 Å². The van der Waals surface area contributed by atoms with E-state index in [1.807, 2.05) is 9.80 Å². The molecule has 176 valence electrons. The molecule has 1 aromatic carbocycles. The number of piperazine rings is 1. The first-order valence-electron chi connectivity index (χ1n) is 9.49. The number of rotatable bonds is 6. The number of anilines is 1. The van der Waals surface area contributed by atoms with Crippen LogP contribution in [-0.4, -0.2) is 59.5 Å². The first kappa shape index (κ1) is 24.2. The molecule has 2 aromatic rings. The van der Waals surface area contributed by atoms with Crippen LogP contribution in [0.4, 0.5) is 32.0 Å². The molecular formula is C19H19ClF6N4O2. The van der Waals surface area contributed by atoms with Crippen molar-refractivity contribution < 1.29 is 35.9 Å². The minimum absolute atomic E-state index is 0.0887. The van der Waals surface area contributed by atoms with Gasteiger partial charge in [-0.3, -0.25) is 9.58 Å². The zero-order valence-electron chi connectivity index (χ0n) is 16.8. The fourth-order valence-electron chi connectivity index (χ4n) is 3.48. The quantitative estimate of drug-likeness (QED) is 0.455. The number of carbonyl (C=O) groups is 1. The number of nitrogens with zero attached hydrogens (tertiary/aromatic N) is 4. The lowest BCUT2D eigenvalue weighted by Crippen LogP contribution is -2.52. The molecule has 32 heavy (non-hydrogen) atoms. The second-order valence-electron chi connectivity index (χ2n) is 7.20. The number of aromatic nitrogens is 2. The standard InChI is InChI=1S/C19H19ClF6N4O2/c1-12-16(20)17(18(21,22)23)27-30(12)10-14(11-31)29-8-6-28(7-9-29)13-2-4-15(5-3-13)32-19(24,25)26/h2-5,11,14H,6-10H2,1H3. The van der Waals surface area contributed by atoms with Crippen molar-refractivity contribution in [2.45, 2.75) is 32.0 Å². The molecular weight excluding hydrogens is 466 g/mol. The summed E-state index contributed by atoms with van der Waals surface area (Å²) in [5, 5.41) is 3.04. The molecule has 1 aliphatic rings. The molecule has 0 N–H and O–H groups in total. The predicted molar refractivity (Wildman–Crippen MR) is 104 cm³/mol. The third-order valence-corrected chi connectivity index (χ3v) is 5.59. The Morgan fingerprint density at radius 3 is 2.16 bits per heavy atom. The molecule has 1 unspecified atom stereocenters. The summed E-state index contributed by atoms with van der Waals surface area (Å²) in [5.74, 6) is -0.326. The maximum Gasteiger partial charge on any atom is 0.573 e. The fourth-order valence-corrected chi connectivity index (χ4v) is 3.72. The van der Waals surface area contributed by atoms with Crippen molar-refractivity contribution in [1.29, 1.82) is 0 Å². The number of ether oxygens (including phenoxy) is 1. The van der Waals surface area contributed by atoms with Crippen molar-refractivity contribution in [3.63, 3.8) is 0 Å². The Kier molecular flexibility index (Phi) is 6.94. The molecule has 2 heterocycles. The highest BCUT2D eigenvalue weighted by Crippen LogP contribution is 2.35. The molecule has 0 saturated carbocycles. The van der Waals surface area contributed by atoms with Crippen molar-refractivity contribution >= 4 is 23.6 Å². The maximum absolute atomic E-state index is 13.0. The van der Waals surface area contributed by atoms with E-state index in [9.17, 15) is 31.1 Å². The van der Waals surface area contributed by atoms with Crippen LogP contribution in [0, 0.1) is 6.92 Å². The highest BCUT2D eigenvalue weighted by atomic mass is 35.5. The van der Waals surface area contributed by atoms with Gasteiger partial charge in [0.1, 0.15) is 12.0 Å². The molecule has 1 aromatic heterocycles. The molecule has 1 atom stereocenters. The Hall–Kier alpha value is -2.47. The minimum Gasteiger partial charge on any atom is -0.406 e. The number of hydrogen-bond donors (Lipinski definition) is 0. The normalized spacial score (nSPS) is 16.8. The molecule has 1 aliphatic heterocycles. The van der Waals surface area contributed by atoms with Gasteiger partial charge in [-0.25, -0.2) is 0 Å². The summed E-state index contributed by atoms with van der Waals surface area (Å²) >= 11 is 5.76. The van der Waals surface area contributed by atoms with E-state index in [2.05, 4.69) is 9.84 Å². The fraction of sp³-hybridized carbons (Fsp3) is 0.474. The van der Waals surface area contributed by atoms with Gasteiger partial charge in [-0.15, -0.1) is 13.2 Å². The molecule has 1 fully saturated rings. The Bertz CT molecular complexity index is 937. The molecule has 13 heteroatoms. The largest absolute Gasteiger partial charge is 0.573 e. The van der Waals surface area contributed by atoms with Gasteiger partial charge in [0, 0.05) is 31.9 Å². The summed E-state index contributed by atoms with van der Waals surface area (Å²) in [6.45, 7) is 3.09. The number of halogens is 7. The van der Waals surface area contributed by atoms with E-state index < -0.39 is 29.3 Å². The minimum atomic E-state index is -4.77. The van der Waals surface area contributed by atoms with Crippen molar-refractivity contribution in [2.75, 3.05) is 31.1 Å². The Labute approximate surface area is 184 Å². The van der Waals surface area contributed by atoms with Gasteiger partial charge >= 0.3 is 12.5 Å². The van der Waals surface area contributed by atoms with E-state index >= 15 is 0 Å². The van der Waals surface area contributed by atoms with Gasteiger partial charge in [0.25, 0.3) is 0 Å². The predicted octanol–water partition coefficient (Wildman–Crippen LogP) is 4.15. The molecule has 3 rings (SSSR count). The van der Waals surface area contributed by atoms with Gasteiger partial charge in [-0.05, 0) is 31.2 Å². The van der Waals surface area contributed by atoms with Crippen LogP contribution in [0.5, 0.6) is 5.75 Å². The van der Waals surface area contributed by atoms with E-state index in [-0.39, 0.29) is 18.0 Å². The van der Waals surface area contributed by atoms with Crippen LogP contribution in [0.3, 0.4) is 0 Å². The molecule has 0 bridgehead atoms. The monoisotopic (exact) mass is 484 g/mol. The summed E-state index contributed by atoms with van der Waals surface area (Å²) < 4.78 is 80.8. The number of aldehydes is 1. The number of benzene rings is 1. The van der Waals surface area contributed by atoms with Crippen molar-refractivity contribution in [3.05, 3.63) is 40.7 Å². The zero-order valence-corrected chi connectivity index (χ0v) is 17.5. The van der Waals surface area contributed by atoms with Crippen molar-refractivity contribution in [2.24, 2.45) is 0 Å². The Morgan fingerprint density at radius 1 is 1.09 bits per heavy atom. The third-order valence-electron chi connectivity index (χ3n) is 5.14. The van der Waals surface area contributed by atoms with Gasteiger partial charge in [0.05, 0.1) is 23.3 Å². The average Bonchev–Trinajstić information content (AvgIpc) is 3.00. The summed E-state index contributed by atoms with van der Waals surface area (Å²) in [6, 6.07) is 4.72. The van der Waals surface area contributed by atoms with Crippen LogP contribution in [0.2, 0.25) is 5.02 Å². The Morgan fingerprint density at radius 2 is 1.69 bits per heavy atom. The van der Waals surface area contributed by atoms with Gasteiger partial charge in [0.2, 0.25) is 0 Å². The van der Waals surface area contributed by atoms with Gasteiger partial charge in [-0.2, -0.15) is 18.3 Å². The van der Waals surface area contributed by atoms with Crippen molar-refractivity contribution in [3.8, 4) is 5.75 Å². The number of carbonyl (C=O) groups excluding carboxylic acids is 1. The lowest BCUT2D eigenvalue weighted by Gasteiger charge is -2.38. The molecule has 0 spiro atoms. The molecule has 0 radical (unpaired) electrons. The topological polar surface area (TPSA) is 50.6 Å². The summed E-state index contributed by atoms with van der Waals surface area (Å²) in [7, 11) is 0. The highest BCUT2D eigenvalue weighted by molar-refractivity contribution is 6.31. The van der Waals surface area contributed by atoms with Crippen LogP contribution in [0.25, 0.3) is 0 Å². The SMILES string of the molecule is Cc1c(Cl)c(C(F)(F)F)nn1CC(C=O)N1CCN(c2ccc(OC(F)(F)F)cc2)CC1. The second kappa shape index (κ2) is 9.18. The van der Waals surface area contributed by atoms with E-state index in [0.29, 0.717) is 38.2 Å². The molecule has 6 nitrogen and oxygen atoms in total. The number of alkyl halides is 6. The van der Waals surface area contributed by atoms with Crippen molar-refractivity contribution in [1.82, 2.24) is 14.7 Å². The molecule has 1 saturated heterocycles. The van der Waals surface area contributed by atoms with Crippen LogP contribution in [-0.2, 0) is 17.5 Å². The second-order valence-corrected chi connectivity index (χ2v) is 7.57. The lowest BCUT2D eigenvalue weighted by atomic mass is 10.2. The third kappa shape index (κ3) is 5.66. The van der Waals surface area contributed by atoms with Gasteiger partial charge in [-0.1, -0.05) is 11.6 Å². The summed E-state index contributed by atoms with van der Waals surface area (Å²) in [4.78, 5) is 15.4. The van der Waals surface area contributed by atoms with E-state index in [0.717, 1.165) is 4.68 Å². The smallest absolute Gasteiger partial charge is 0.406 e. The van der Waals surface area contributed by atoms with Gasteiger partial charge < -0.3 is 14.4 Å². The first-order valence-corrected chi connectivity index (χ1v) is 9.87.